The number of hydrogen-bond acceptors (Lipinski definition) is 5. The van der Waals surface area contributed by atoms with Crippen LogP contribution in [0.4, 0.5) is 4.39 Å². The number of hydrogen-bond donors (Lipinski definition) is 0. The van der Waals surface area contributed by atoms with Crippen LogP contribution in [0.5, 0.6) is 5.75 Å². The number of halogens is 1. The van der Waals surface area contributed by atoms with Crippen molar-refractivity contribution >= 4 is 21.4 Å². The molecule has 0 aliphatic carbocycles. The minimum Gasteiger partial charge on any atom is -0.485 e. The van der Waals surface area contributed by atoms with Crippen LogP contribution in [0.1, 0.15) is 50.1 Å². The topological polar surface area (TPSA) is 82.4 Å². The van der Waals surface area contributed by atoms with Crippen LogP contribution in [0.2, 0.25) is 0 Å². The van der Waals surface area contributed by atoms with Crippen LogP contribution in [0.3, 0.4) is 0 Å². The van der Waals surface area contributed by atoms with E-state index in [2.05, 4.69) is 0 Å². The lowest BCUT2D eigenvalue weighted by Gasteiger charge is -2.16. The van der Waals surface area contributed by atoms with Gasteiger partial charge in [-0.2, -0.15) is 0 Å². The third kappa shape index (κ3) is 4.90. The monoisotopic (exact) mass is 469 g/mol. The molecule has 0 bridgehead atoms. The molecule has 1 aliphatic rings. The number of ketones is 2. The molecule has 3 aromatic rings. The summed E-state index contributed by atoms with van der Waals surface area (Å²) in [6.45, 7) is 3.51. The zero-order chi connectivity index (χ0) is 23.8. The van der Waals surface area contributed by atoms with E-state index in [1.165, 1.54) is 24.3 Å². The van der Waals surface area contributed by atoms with Gasteiger partial charge in [0.2, 0.25) is 5.78 Å². The van der Waals surface area contributed by atoms with Crippen LogP contribution < -0.4 is 4.74 Å². The number of rotatable bonds is 7. The van der Waals surface area contributed by atoms with Gasteiger partial charge in [-0.3, -0.25) is 9.59 Å². The molecule has 1 aliphatic heterocycles. The van der Waals surface area contributed by atoms with Gasteiger partial charge in [0, 0.05) is 34.1 Å². The predicted octanol–water partition coefficient (Wildman–Crippen LogP) is 4.10. The molecule has 1 aromatic heterocycles. The molecule has 172 valence electrons. The maximum atomic E-state index is 13.1. The van der Waals surface area contributed by atoms with Gasteiger partial charge >= 0.3 is 0 Å². The Morgan fingerprint density at radius 3 is 2.21 bits per heavy atom. The van der Waals surface area contributed by atoms with Crippen molar-refractivity contribution < 1.29 is 27.1 Å². The molecule has 0 N–H and O–H groups in total. The van der Waals surface area contributed by atoms with Crippen LogP contribution >= 0.6 is 0 Å². The van der Waals surface area contributed by atoms with E-state index in [1.54, 1.807) is 30.3 Å². The van der Waals surface area contributed by atoms with E-state index < -0.39 is 15.7 Å². The number of aromatic nitrogens is 1. The highest BCUT2D eigenvalue weighted by atomic mass is 32.2. The van der Waals surface area contributed by atoms with Crippen molar-refractivity contribution in [2.24, 2.45) is 0 Å². The lowest BCUT2D eigenvalue weighted by molar-refractivity contribution is 0.0920. The smallest absolute Gasteiger partial charge is 0.202 e. The first-order valence-electron chi connectivity index (χ1n) is 10.6. The molecule has 1 unspecified atom stereocenters. The van der Waals surface area contributed by atoms with E-state index in [1.807, 2.05) is 18.4 Å². The third-order valence-corrected chi connectivity index (χ3v) is 7.70. The summed E-state index contributed by atoms with van der Waals surface area (Å²) < 4.78 is 44.3. The number of sulfone groups is 1. The van der Waals surface area contributed by atoms with Gasteiger partial charge in [-0.1, -0.05) is 0 Å². The van der Waals surface area contributed by atoms with Crippen LogP contribution in [-0.2, 0) is 9.84 Å². The lowest BCUT2D eigenvalue weighted by atomic mass is 10.0. The van der Waals surface area contributed by atoms with E-state index in [-0.39, 0.29) is 35.7 Å². The van der Waals surface area contributed by atoms with E-state index in [0.29, 0.717) is 28.9 Å². The maximum absolute atomic E-state index is 13.1. The van der Waals surface area contributed by atoms with Gasteiger partial charge < -0.3 is 9.30 Å². The number of aryl methyl sites for hydroxylation is 1. The predicted molar refractivity (Wildman–Crippen MR) is 122 cm³/mol. The van der Waals surface area contributed by atoms with Crippen LogP contribution in [0.15, 0.2) is 54.6 Å². The van der Waals surface area contributed by atoms with Gasteiger partial charge in [0.05, 0.1) is 11.5 Å². The average Bonchev–Trinajstić information content (AvgIpc) is 3.29. The van der Waals surface area contributed by atoms with Crippen molar-refractivity contribution in [1.29, 1.82) is 0 Å². The van der Waals surface area contributed by atoms with E-state index in [9.17, 15) is 22.4 Å². The summed E-state index contributed by atoms with van der Waals surface area (Å²) in [4.78, 5) is 25.3. The Morgan fingerprint density at radius 1 is 1.03 bits per heavy atom. The van der Waals surface area contributed by atoms with Gasteiger partial charge in [-0.05, 0) is 74.9 Å². The van der Waals surface area contributed by atoms with Gasteiger partial charge in [-0.25, -0.2) is 12.8 Å². The Morgan fingerprint density at radius 2 is 1.64 bits per heavy atom. The van der Waals surface area contributed by atoms with Gasteiger partial charge in [0.25, 0.3) is 0 Å². The molecule has 8 heteroatoms. The largest absolute Gasteiger partial charge is 0.485 e. The highest BCUT2D eigenvalue weighted by Gasteiger charge is 2.31. The second kappa shape index (κ2) is 8.94. The van der Waals surface area contributed by atoms with E-state index in [4.69, 9.17) is 4.74 Å². The van der Waals surface area contributed by atoms with E-state index >= 15 is 0 Å². The van der Waals surface area contributed by atoms with Crippen molar-refractivity contribution in [2.45, 2.75) is 26.3 Å². The molecule has 0 saturated carbocycles. The van der Waals surface area contributed by atoms with Crippen molar-refractivity contribution in [3.63, 3.8) is 0 Å². The van der Waals surface area contributed by atoms with Crippen molar-refractivity contribution in [3.05, 3.63) is 88.5 Å². The fourth-order valence-corrected chi connectivity index (χ4v) is 6.00. The molecule has 2 heterocycles. The molecule has 6 nitrogen and oxygen atoms in total. The Bertz CT molecular complexity index is 1310. The van der Waals surface area contributed by atoms with Gasteiger partial charge in [-0.15, -0.1) is 0 Å². The second-order valence-corrected chi connectivity index (χ2v) is 10.5. The molecule has 0 amide bonds. The number of carbonyl (C=O) groups excluding carboxylic acids is 2. The van der Waals surface area contributed by atoms with Crippen molar-refractivity contribution in [1.82, 2.24) is 4.57 Å². The third-order valence-electron chi connectivity index (χ3n) is 5.95. The Labute approximate surface area is 191 Å². The van der Waals surface area contributed by atoms with Crippen molar-refractivity contribution in [2.75, 3.05) is 18.1 Å². The van der Waals surface area contributed by atoms with Crippen LogP contribution in [0, 0.1) is 19.7 Å². The summed E-state index contributed by atoms with van der Waals surface area (Å²) >= 11 is 0. The summed E-state index contributed by atoms with van der Waals surface area (Å²) in [5, 5.41) is 0. The Hall–Kier alpha value is -3.26. The standard InChI is InChI=1S/C25H24FNO5S/c1-16-13-23(17(2)27(16)21-11-12-33(30,31)15-21)24(28)14-32-22-9-5-19(6-10-22)25(29)18-3-7-20(26)8-4-18/h3-10,13,21H,11-12,14-15H2,1-2H3. The van der Waals surface area contributed by atoms with E-state index in [0.717, 1.165) is 11.4 Å². The number of carbonyl (C=O) groups is 2. The maximum Gasteiger partial charge on any atom is 0.202 e. The summed E-state index contributed by atoms with van der Waals surface area (Å²) in [6, 6.07) is 13.4. The quantitative estimate of drug-likeness (QED) is 0.487. The number of Topliss-reactive ketones (excluding diaryl/α,β-unsaturated/α-hetero) is 1. The molecule has 1 fully saturated rings. The molecule has 0 spiro atoms. The molecule has 4 rings (SSSR count). The second-order valence-electron chi connectivity index (χ2n) is 8.28. The normalized spacial score (nSPS) is 17.1. The first-order chi connectivity index (χ1) is 15.6. The zero-order valence-corrected chi connectivity index (χ0v) is 19.2. The highest BCUT2D eigenvalue weighted by Crippen LogP contribution is 2.29. The number of benzene rings is 2. The number of nitrogens with zero attached hydrogens (tertiary/aromatic N) is 1. The van der Waals surface area contributed by atoms with Crippen LogP contribution in [-0.4, -0.2) is 42.7 Å². The first kappa shape index (κ1) is 22.9. The zero-order valence-electron chi connectivity index (χ0n) is 18.4. The molecule has 2 aromatic carbocycles. The number of ether oxygens (including phenoxy) is 1. The Balaban J connectivity index is 1.41. The van der Waals surface area contributed by atoms with Gasteiger partial charge in [0.15, 0.2) is 22.2 Å². The minimum atomic E-state index is -3.03. The molecule has 1 saturated heterocycles. The summed E-state index contributed by atoms with van der Waals surface area (Å²) in [5.74, 6) is -0.151. The average molecular weight is 470 g/mol. The minimum absolute atomic E-state index is 0.0937. The summed E-state index contributed by atoms with van der Waals surface area (Å²) in [5.41, 5.74) is 2.91. The molecule has 1 atom stereocenters. The first-order valence-corrected chi connectivity index (χ1v) is 12.4. The molecular weight excluding hydrogens is 445 g/mol. The van der Waals surface area contributed by atoms with Gasteiger partial charge in [0.1, 0.15) is 11.6 Å². The van der Waals surface area contributed by atoms with Crippen LogP contribution in [0.25, 0.3) is 0 Å². The summed E-state index contributed by atoms with van der Waals surface area (Å²) in [6.07, 6.45) is 0.547. The summed E-state index contributed by atoms with van der Waals surface area (Å²) in [7, 11) is -3.03. The fourth-order valence-electron chi connectivity index (χ4n) is 4.30. The lowest BCUT2D eigenvalue weighted by Crippen LogP contribution is -2.16. The highest BCUT2D eigenvalue weighted by molar-refractivity contribution is 7.91. The Kier molecular flexibility index (Phi) is 6.21. The SMILES string of the molecule is Cc1cc(C(=O)COc2ccc(C(=O)c3ccc(F)cc3)cc2)c(C)n1C1CCS(=O)(=O)C1. The van der Waals surface area contributed by atoms with Crippen molar-refractivity contribution in [3.8, 4) is 5.75 Å². The molecule has 0 radical (unpaired) electrons. The molecule has 33 heavy (non-hydrogen) atoms. The fraction of sp³-hybridized carbons (Fsp3) is 0.280. The molecular formula is C25H24FNO5S.